The van der Waals surface area contributed by atoms with Gasteiger partial charge >= 0.3 is 0 Å². The first-order valence-corrected chi connectivity index (χ1v) is 11.3. The zero-order valence-electron chi connectivity index (χ0n) is 16.1. The predicted molar refractivity (Wildman–Crippen MR) is 118 cm³/mol. The lowest BCUT2D eigenvalue weighted by molar-refractivity contribution is 0.600. The average molecular weight is 417 g/mol. The van der Waals surface area contributed by atoms with E-state index in [1.165, 1.54) is 0 Å². The second-order valence-corrected chi connectivity index (χ2v) is 9.30. The van der Waals surface area contributed by atoms with E-state index in [1.54, 1.807) is 24.5 Å². The normalized spacial score (nSPS) is 13.9. The van der Waals surface area contributed by atoms with Crippen LogP contribution in [0.4, 0.5) is 5.69 Å². The van der Waals surface area contributed by atoms with E-state index in [-0.39, 0.29) is 5.25 Å². The first-order chi connectivity index (χ1) is 14.6. The Hall–Kier alpha value is -3.45. The van der Waals surface area contributed by atoms with Gasteiger partial charge in [-0.1, -0.05) is 42.5 Å². The minimum Gasteiger partial charge on any atom is -0.337 e. The number of aromatic amines is 1. The quantitative estimate of drug-likeness (QED) is 0.476. The van der Waals surface area contributed by atoms with Crippen LogP contribution in [-0.4, -0.2) is 28.6 Å². The predicted octanol–water partition coefficient (Wildman–Crippen LogP) is 4.71. The topological polar surface area (TPSA) is 87.7 Å². The highest BCUT2D eigenvalue weighted by Gasteiger charge is 2.35. The Labute approximate surface area is 175 Å². The van der Waals surface area contributed by atoms with Crippen molar-refractivity contribution in [1.29, 1.82) is 0 Å². The molecule has 0 spiro atoms. The number of rotatable bonds is 6. The molecule has 5 rings (SSSR count). The summed E-state index contributed by atoms with van der Waals surface area (Å²) in [7, 11) is -3.28. The number of hydrogen-bond donors (Lipinski definition) is 2. The number of anilines is 1. The molecule has 30 heavy (non-hydrogen) atoms. The molecule has 4 aromatic rings. The van der Waals surface area contributed by atoms with Gasteiger partial charge in [-0.05, 0) is 37.1 Å². The van der Waals surface area contributed by atoms with Crippen LogP contribution in [0.3, 0.4) is 0 Å². The standard InChI is InChI=1S/C23H20N4O2S/c28-30(29,20-10-11-20)27-19-8-6-16(7-9-19)21-22(17-12-14-24-15-13-17)26-23(25-21)18-4-2-1-3-5-18/h1-9,12-15,20,27H,10-11H2,(H,25,26). The van der Waals surface area contributed by atoms with Gasteiger partial charge in [0.15, 0.2) is 0 Å². The summed E-state index contributed by atoms with van der Waals surface area (Å²) >= 11 is 0. The van der Waals surface area contributed by atoms with E-state index < -0.39 is 10.0 Å². The largest absolute Gasteiger partial charge is 0.337 e. The first kappa shape index (κ1) is 18.6. The van der Waals surface area contributed by atoms with E-state index in [0.717, 1.165) is 46.7 Å². The number of hydrogen-bond acceptors (Lipinski definition) is 4. The monoisotopic (exact) mass is 416 g/mol. The van der Waals surface area contributed by atoms with E-state index in [4.69, 9.17) is 4.98 Å². The van der Waals surface area contributed by atoms with Gasteiger partial charge in [-0.3, -0.25) is 9.71 Å². The number of nitrogens with one attached hydrogen (secondary N) is 2. The van der Waals surface area contributed by atoms with Crippen molar-refractivity contribution in [2.24, 2.45) is 0 Å². The van der Waals surface area contributed by atoms with Gasteiger partial charge in [0.25, 0.3) is 0 Å². The molecule has 0 saturated heterocycles. The van der Waals surface area contributed by atoms with Crippen LogP contribution in [-0.2, 0) is 10.0 Å². The summed E-state index contributed by atoms with van der Waals surface area (Å²) in [5, 5.41) is -0.253. The fraction of sp³-hybridized carbons (Fsp3) is 0.130. The van der Waals surface area contributed by atoms with Crippen molar-refractivity contribution < 1.29 is 8.42 Å². The lowest BCUT2D eigenvalue weighted by Crippen LogP contribution is -2.17. The summed E-state index contributed by atoms with van der Waals surface area (Å²) in [4.78, 5) is 12.4. The molecule has 6 nitrogen and oxygen atoms in total. The average Bonchev–Trinajstić information content (AvgIpc) is 3.55. The van der Waals surface area contributed by atoms with Crippen LogP contribution in [0.2, 0.25) is 0 Å². The molecule has 1 saturated carbocycles. The highest BCUT2D eigenvalue weighted by atomic mass is 32.2. The molecule has 2 aromatic heterocycles. The van der Waals surface area contributed by atoms with Crippen molar-refractivity contribution in [1.82, 2.24) is 15.0 Å². The molecule has 0 amide bonds. The van der Waals surface area contributed by atoms with Crippen LogP contribution >= 0.6 is 0 Å². The molecule has 2 aromatic carbocycles. The summed E-state index contributed by atoms with van der Waals surface area (Å²) in [5.41, 5.74) is 5.13. The van der Waals surface area contributed by atoms with Gasteiger partial charge in [-0.2, -0.15) is 0 Å². The smallest absolute Gasteiger partial charge is 0.235 e. The Morgan fingerprint density at radius 1 is 0.833 bits per heavy atom. The summed E-state index contributed by atoms with van der Waals surface area (Å²) in [6.07, 6.45) is 4.95. The van der Waals surface area contributed by atoms with E-state index in [9.17, 15) is 8.42 Å². The lowest BCUT2D eigenvalue weighted by Gasteiger charge is -2.08. The van der Waals surface area contributed by atoms with Crippen LogP contribution in [0.1, 0.15) is 12.8 Å². The third-order valence-electron chi connectivity index (χ3n) is 5.10. The number of sulfonamides is 1. The molecular formula is C23H20N4O2S. The second kappa shape index (κ2) is 7.42. The van der Waals surface area contributed by atoms with Crippen molar-refractivity contribution >= 4 is 15.7 Å². The molecule has 0 atom stereocenters. The minimum atomic E-state index is -3.28. The summed E-state index contributed by atoms with van der Waals surface area (Å²) < 4.78 is 27.0. The van der Waals surface area contributed by atoms with Gasteiger partial charge in [0.2, 0.25) is 10.0 Å². The van der Waals surface area contributed by atoms with Gasteiger partial charge in [0.05, 0.1) is 16.6 Å². The molecule has 1 aliphatic carbocycles. The van der Waals surface area contributed by atoms with E-state index >= 15 is 0 Å². The zero-order chi connectivity index (χ0) is 20.6. The molecule has 2 heterocycles. The third-order valence-corrected chi connectivity index (χ3v) is 6.97. The fourth-order valence-electron chi connectivity index (χ4n) is 3.36. The Morgan fingerprint density at radius 3 is 2.20 bits per heavy atom. The van der Waals surface area contributed by atoms with Crippen LogP contribution in [0, 0.1) is 0 Å². The number of pyridine rings is 1. The van der Waals surface area contributed by atoms with Crippen LogP contribution in [0.15, 0.2) is 79.1 Å². The van der Waals surface area contributed by atoms with E-state index in [1.807, 2.05) is 54.6 Å². The van der Waals surface area contributed by atoms with Crippen molar-refractivity contribution in [3.8, 4) is 33.9 Å². The van der Waals surface area contributed by atoms with Crippen LogP contribution in [0.25, 0.3) is 33.9 Å². The molecule has 0 aliphatic heterocycles. The van der Waals surface area contributed by atoms with E-state index in [2.05, 4.69) is 14.7 Å². The minimum absolute atomic E-state index is 0.253. The fourth-order valence-corrected chi connectivity index (χ4v) is 4.75. The van der Waals surface area contributed by atoms with Crippen LogP contribution < -0.4 is 4.72 Å². The highest BCUT2D eigenvalue weighted by Crippen LogP contribution is 2.34. The first-order valence-electron chi connectivity index (χ1n) is 9.78. The number of aromatic nitrogens is 3. The zero-order valence-corrected chi connectivity index (χ0v) is 16.9. The van der Waals surface area contributed by atoms with Crippen molar-refractivity contribution in [2.45, 2.75) is 18.1 Å². The van der Waals surface area contributed by atoms with Gasteiger partial charge in [0.1, 0.15) is 5.82 Å². The molecule has 150 valence electrons. The Balaban J connectivity index is 1.53. The molecule has 7 heteroatoms. The Bertz CT molecular complexity index is 1260. The lowest BCUT2D eigenvalue weighted by atomic mass is 10.1. The third kappa shape index (κ3) is 3.71. The Morgan fingerprint density at radius 2 is 1.53 bits per heavy atom. The molecule has 2 N–H and O–H groups in total. The van der Waals surface area contributed by atoms with Crippen molar-refractivity contribution in [3.05, 3.63) is 79.1 Å². The van der Waals surface area contributed by atoms with Crippen molar-refractivity contribution in [2.75, 3.05) is 4.72 Å². The number of imidazole rings is 1. The molecule has 0 radical (unpaired) electrons. The van der Waals surface area contributed by atoms with Gasteiger partial charge in [-0.25, -0.2) is 13.4 Å². The highest BCUT2D eigenvalue weighted by molar-refractivity contribution is 7.93. The molecule has 0 bridgehead atoms. The SMILES string of the molecule is O=S(=O)(Nc1ccc(-c2[nH]c(-c3ccccc3)nc2-c2ccncc2)cc1)C1CC1. The molecule has 1 aliphatic rings. The molecular weight excluding hydrogens is 396 g/mol. The summed E-state index contributed by atoms with van der Waals surface area (Å²) in [6.45, 7) is 0. The molecule has 1 fully saturated rings. The second-order valence-electron chi connectivity index (χ2n) is 7.33. The Kier molecular flexibility index (Phi) is 4.59. The summed E-state index contributed by atoms with van der Waals surface area (Å²) in [6, 6.07) is 21.2. The maximum absolute atomic E-state index is 12.2. The number of H-pyrrole nitrogens is 1. The maximum Gasteiger partial charge on any atom is 0.235 e. The van der Waals surface area contributed by atoms with Crippen LogP contribution in [0.5, 0.6) is 0 Å². The molecule has 0 unspecified atom stereocenters. The number of benzene rings is 2. The van der Waals surface area contributed by atoms with Gasteiger partial charge in [0, 0.05) is 34.8 Å². The number of nitrogens with zero attached hydrogens (tertiary/aromatic N) is 2. The van der Waals surface area contributed by atoms with Gasteiger partial charge in [-0.15, -0.1) is 0 Å². The van der Waals surface area contributed by atoms with Gasteiger partial charge < -0.3 is 4.98 Å². The maximum atomic E-state index is 12.2. The van der Waals surface area contributed by atoms with Crippen molar-refractivity contribution in [3.63, 3.8) is 0 Å². The summed E-state index contributed by atoms with van der Waals surface area (Å²) in [5.74, 6) is 0.774. The van der Waals surface area contributed by atoms with E-state index in [0.29, 0.717) is 5.69 Å².